The third-order valence-electron chi connectivity index (χ3n) is 3.45. The van der Waals surface area contributed by atoms with Gasteiger partial charge in [0, 0.05) is 36.8 Å². The lowest BCUT2D eigenvalue weighted by atomic mass is 10.1. The molecular formula is C17H19ClN4O2. The topological polar surface area (TPSA) is 79.6 Å². The van der Waals surface area contributed by atoms with Gasteiger partial charge in [-0.1, -0.05) is 41.9 Å². The molecule has 0 spiro atoms. The van der Waals surface area contributed by atoms with Crippen molar-refractivity contribution < 1.29 is 4.92 Å². The number of hydrogen-bond acceptors (Lipinski definition) is 3. The maximum Gasteiger partial charge on any atom is 0.274 e. The summed E-state index contributed by atoms with van der Waals surface area (Å²) < 4.78 is 0. The Morgan fingerprint density at radius 1 is 1.21 bits per heavy atom. The molecule has 2 rings (SSSR count). The van der Waals surface area contributed by atoms with Crippen LogP contribution in [0.15, 0.2) is 53.5 Å². The van der Waals surface area contributed by atoms with Gasteiger partial charge in [0.1, 0.15) is 0 Å². The van der Waals surface area contributed by atoms with Crippen LogP contribution in [0.2, 0.25) is 5.02 Å². The summed E-state index contributed by atoms with van der Waals surface area (Å²) in [7, 11) is 1.66. The number of aliphatic imine (C=N–C) groups is 1. The van der Waals surface area contributed by atoms with Gasteiger partial charge >= 0.3 is 0 Å². The summed E-state index contributed by atoms with van der Waals surface area (Å²) in [4.78, 5) is 14.8. The van der Waals surface area contributed by atoms with Crippen molar-refractivity contribution >= 4 is 23.2 Å². The normalized spacial score (nSPS) is 11.2. The maximum absolute atomic E-state index is 11.0. The molecule has 0 bridgehead atoms. The summed E-state index contributed by atoms with van der Waals surface area (Å²) >= 11 is 5.96. The molecule has 0 amide bonds. The van der Waals surface area contributed by atoms with Crippen LogP contribution in [0.1, 0.15) is 11.1 Å². The van der Waals surface area contributed by atoms with Gasteiger partial charge in [-0.15, -0.1) is 0 Å². The Balaban J connectivity index is 1.86. The van der Waals surface area contributed by atoms with E-state index in [0.717, 1.165) is 12.0 Å². The second kappa shape index (κ2) is 8.88. The minimum Gasteiger partial charge on any atom is -0.356 e. The quantitative estimate of drug-likeness (QED) is 0.364. The van der Waals surface area contributed by atoms with Crippen LogP contribution in [0.25, 0.3) is 0 Å². The van der Waals surface area contributed by atoms with Gasteiger partial charge in [0.2, 0.25) is 0 Å². The molecule has 0 aromatic heterocycles. The van der Waals surface area contributed by atoms with E-state index in [1.807, 2.05) is 24.3 Å². The SMILES string of the molecule is CN=C(NCCc1cccc(Cl)c1)NCc1ccccc1[N+](=O)[O-]. The van der Waals surface area contributed by atoms with E-state index in [2.05, 4.69) is 15.6 Å². The van der Waals surface area contributed by atoms with Gasteiger partial charge in [-0.25, -0.2) is 0 Å². The van der Waals surface area contributed by atoms with Crippen molar-refractivity contribution in [3.8, 4) is 0 Å². The van der Waals surface area contributed by atoms with E-state index in [1.54, 1.807) is 25.2 Å². The van der Waals surface area contributed by atoms with Gasteiger partial charge in [-0.2, -0.15) is 0 Å². The number of nitrogens with zero attached hydrogens (tertiary/aromatic N) is 2. The molecule has 0 saturated carbocycles. The number of hydrogen-bond donors (Lipinski definition) is 2. The van der Waals surface area contributed by atoms with Gasteiger partial charge in [-0.05, 0) is 24.1 Å². The second-order valence-corrected chi connectivity index (χ2v) is 5.55. The standard InChI is InChI=1S/C17H19ClN4O2/c1-19-17(20-10-9-13-5-4-7-15(18)11-13)21-12-14-6-2-3-8-16(14)22(23)24/h2-8,11H,9-10,12H2,1H3,(H2,19,20,21). The molecule has 0 aliphatic heterocycles. The predicted molar refractivity (Wildman–Crippen MR) is 96.5 cm³/mol. The van der Waals surface area contributed by atoms with Crippen molar-refractivity contribution in [1.82, 2.24) is 10.6 Å². The molecule has 0 heterocycles. The lowest BCUT2D eigenvalue weighted by Gasteiger charge is -2.12. The van der Waals surface area contributed by atoms with Gasteiger partial charge in [0.05, 0.1) is 4.92 Å². The third kappa shape index (κ3) is 5.24. The van der Waals surface area contributed by atoms with E-state index >= 15 is 0 Å². The fraction of sp³-hybridized carbons (Fsp3) is 0.235. The Morgan fingerprint density at radius 2 is 2.00 bits per heavy atom. The average molecular weight is 347 g/mol. The summed E-state index contributed by atoms with van der Waals surface area (Å²) in [6.07, 6.45) is 0.798. The van der Waals surface area contributed by atoms with Gasteiger partial charge in [0.15, 0.2) is 5.96 Å². The van der Waals surface area contributed by atoms with E-state index in [9.17, 15) is 10.1 Å². The zero-order valence-electron chi connectivity index (χ0n) is 13.3. The molecule has 0 radical (unpaired) electrons. The van der Waals surface area contributed by atoms with Gasteiger partial charge < -0.3 is 10.6 Å². The smallest absolute Gasteiger partial charge is 0.274 e. The fourth-order valence-corrected chi connectivity index (χ4v) is 2.47. The highest BCUT2D eigenvalue weighted by molar-refractivity contribution is 6.30. The Labute approximate surface area is 145 Å². The minimum absolute atomic E-state index is 0.0966. The zero-order chi connectivity index (χ0) is 17.4. The highest BCUT2D eigenvalue weighted by Gasteiger charge is 2.12. The highest BCUT2D eigenvalue weighted by Crippen LogP contribution is 2.17. The van der Waals surface area contributed by atoms with Gasteiger partial charge in [0.25, 0.3) is 5.69 Å². The largest absolute Gasteiger partial charge is 0.356 e. The van der Waals surface area contributed by atoms with E-state index in [-0.39, 0.29) is 10.6 Å². The van der Waals surface area contributed by atoms with E-state index in [4.69, 9.17) is 11.6 Å². The first-order valence-electron chi connectivity index (χ1n) is 7.51. The lowest BCUT2D eigenvalue weighted by molar-refractivity contribution is -0.385. The number of halogens is 1. The molecule has 0 atom stereocenters. The third-order valence-corrected chi connectivity index (χ3v) is 3.69. The molecule has 2 aromatic rings. The average Bonchev–Trinajstić information content (AvgIpc) is 2.58. The Bertz CT molecular complexity index is 734. The number of para-hydroxylation sites is 1. The number of nitro benzene ring substituents is 1. The van der Waals surface area contributed by atoms with E-state index in [0.29, 0.717) is 29.6 Å². The van der Waals surface area contributed by atoms with E-state index in [1.165, 1.54) is 6.07 Å². The molecule has 0 unspecified atom stereocenters. The molecule has 0 fully saturated rings. The minimum atomic E-state index is -0.383. The Kier molecular flexibility index (Phi) is 6.57. The number of guanidine groups is 1. The van der Waals surface area contributed by atoms with Crippen molar-refractivity contribution in [3.05, 3.63) is 74.8 Å². The van der Waals surface area contributed by atoms with Crippen molar-refractivity contribution in [2.45, 2.75) is 13.0 Å². The van der Waals surface area contributed by atoms with Crippen molar-refractivity contribution in [1.29, 1.82) is 0 Å². The molecule has 0 aliphatic carbocycles. The van der Waals surface area contributed by atoms with Crippen molar-refractivity contribution in [3.63, 3.8) is 0 Å². The molecule has 0 saturated heterocycles. The summed E-state index contributed by atoms with van der Waals surface area (Å²) in [5.74, 6) is 0.593. The summed E-state index contributed by atoms with van der Waals surface area (Å²) in [6, 6.07) is 14.3. The second-order valence-electron chi connectivity index (χ2n) is 5.12. The van der Waals surface area contributed by atoms with Crippen LogP contribution < -0.4 is 10.6 Å². The number of rotatable bonds is 6. The summed E-state index contributed by atoms with van der Waals surface area (Å²) in [5.41, 5.74) is 1.84. The molecule has 6 nitrogen and oxygen atoms in total. The van der Waals surface area contributed by atoms with Crippen molar-refractivity contribution in [2.24, 2.45) is 4.99 Å². The van der Waals surface area contributed by atoms with Crippen LogP contribution in [-0.2, 0) is 13.0 Å². The predicted octanol–water partition coefficient (Wildman–Crippen LogP) is 3.16. The Morgan fingerprint density at radius 3 is 2.71 bits per heavy atom. The molecule has 2 N–H and O–H groups in total. The summed E-state index contributed by atoms with van der Waals surface area (Å²) in [5, 5.41) is 18.0. The van der Waals surface area contributed by atoms with Crippen LogP contribution in [-0.4, -0.2) is 24.5 Å². The zero-order valence-corrected chi connectivity index (χ0v) is 14.1. The monoisotopic (exact) mass is 346 g/mol. The number of benzene rings is 2. The maximum atomic E-state index is 11.0. The van der Waals surface area contributed by atoms with E-state index < -0.39 is 0 Å². The van der Waals surface area contributed by atoms with Gasteiger partial charge in [-0.3, -0.25) is 15.1 Å². The van der Waals surface area contributed by atoms with Crippen molar-refractivity contribution in [2.75, 3.05) is 13.6 Å². The Hall–Kier alpha value is -2.60. The van der Waals surface area contributed by atoms with Crippen LogP contribution in [0, 0.1) is 10.1 Å². The lowest BCUT2D eigenvalue weighted by Crippen LogP contribution is -2.37. The molecule has 126 valence electrons. The first-order valence-corrected chi connectivity index (χ1v) is 7.89. The number of nitro groups is 1. The molecule has 2 aromatic carbocycles. The van der Waals surface area contributed by atoms with Crippen LogP contribution in [0.3, 0.4) is 0 Å². The molecule has 24 heavy (non-hydrogen) atoms. The number of nitrogens with one attached hydrogen (secondary N) is 2. The molecular weight excluding hydrogens is 328 g/mol. The highest BCUT2D eigenvalue weighted by atomic mass is 35.5. The first-order chi connectivity index (χ1) is 11.6. The summed E-state index contributed by atoms with van der Waals surface area (Å²) in [6.45, 7) is 1.00. The van der Waals surface area contributed by atoms with Crippen LogP contribution in [0.5, 0.6) is 0 Å². The van der Waals surface area contributed by atoms with Crippen LogP contribution >= 0.6 is 11.6 Å². The van der Waals surface area contributed by atoms with Crippen LogP contribution in [0.4, 0.5) is 5.69 Å². The fourth-order valence-electron chi connectivity index (χ4n) is 2.26. The molecule has 0 aliphatic rings. The molecule has 7 heteroatoms. The first kappa shape index (κ1) is 17.7.